The first-order valence-corrected chi connectivity index (χ1v) is 10.4. The minimum atomic E-state index is -0.510. The van der Waals surface area contributed by atoms with Crippen molar-refractivity contribution >= 4 is 23.4 Å². The van der Waals surface area contributed by atoms with E-state index in [9.17, 15) is 4.79 Å². The van der Waals surface area contributed by atoms with Crippen LogP contribution in [0.1, 0.15) is 6.42 Å². The second-order valence-electron chi connectivity index (χ2n) is 7.37. The number of amides is 1. The molecule has 4 aromatic rings. The summed E-state index contributed by atoms with van der Waals surface area (Å²) in [6, 6.07) is 12.8. The molecule has 166 valence electrons. The molecule has 0 aliphatic carbocycles. The van der Waals surface area contributed by atoms with Crippen molar-refractivity contribution in [2.75, 3.05) is 23.8 Å². The summed E-state index contributed by atoms with van der Waals surface area (Å²) in [5.74, 6) is 1.12. The molecule has 3 N–H and O–H groups in total. The van der Waals surface area contributed by atoms with Crippen LogP contribution in [0.25, 0.3) is 22.8 Å². The summed E-state index contributed by atoms with van der Waals surface area (Å²) >= 11 is 0. The van der Waals surface area contributed by atoms with Crippen LogP contribution in [0.15, 0.2) is 67.3 Å². The number of carbonyl (C=O) groups is 1. The maximum absolute atomic E-state index is 12.1. The Kier molecular flexibility index (Phi) is 5.89. The van der Waals surface area contributed by atoms with Crippen LogP contribution in [0.3, 0.4) is 0 Å². The van der Waals surface area contributed by atoms with E-state index in [1.165, 1.54) is 0 Å². The monoisotopic (exact) mass is 443 g/mol. The zero-order chi connectivity index (χ0) is 22.5. The highest BCUT2D eigenvalue weighted by Crippen LogP contribution is 2.23. The molecule has 10 heteroatoms. The molecule has 1 unspecified atom stereocenters. The second-order valence-corrected chi connectivity index (χ2v) is 7.37. The number of benzene rings is 1. The zero-order valence-electron chi connectivity index (χ0n) is 17.6. The van der Waals surface area contributed by atoms with Crippen molar-refractivity contribution in [1.29, 1.82) is 0 Å². The lowest BCUT2D eigenvalue weighted by Gasteiger charge is -2.12. The third-order valence-electron chi connectivity index (χ3n) is 4.97. The third kappa shape index (κ3) is 5.13. The molecular weight excluding hydrogens is 422 g/mol. The van der Waals surface area contributed by atoms with Gasteiger partial charge in [0.05, 0.1) is 30.8 Å². The molecule has 1 atom stereocenters. The standard InChI is InChI=1S/C23H21N7O3/c31-23(33-18-7-10-32-14-18)28-17-5-1-4-16(11-17)27-22-25-9-6-19(30-22)20-13-26-21(29-20)15-3-2-8-24-12-15/h1-6,8-9,11-13,18H,7,10,14H2,(H,26,29)(H,28,31)(H,25,27,30). The Balaban J connectivity index is 1.27. The first kappa shape index (κ1) is 20.6. The Hall–Kier alpha value is -4.31. The van der Waals surface area contributed by atoms with Gasteiger partial charge in [0.2, 0.25) is 5.95 Å². The van der Waals surface area contributed by atoms with Gasteiger partial charge < -0.3 is 19.8 Å². The van der Waals surface area contributed by atoms with Crippen molar-refractivity contribution in [3.8, 4) is 22.8 Å². The van der Waals surface area contributed by atoms with Crippen LogP contribution >= 0.6 is 0 Å². The van der Waals surface area contributed by atoms with Crippen molar-refractivity contribution < 1.29 is 14.3 Å². The van der Waals surface area contributed by atoms with E-state index >= 15 is 0 Å². The predicted octanol–water partition coefficient (Wildman–Crippen LogP) is 4.01. The molecule has 0 radical (unpaired) electrons. The number of H-pyrrole nitrogens is 1. The normalized spacial score (nSPS) is 15.2. The molecule has 1 amide bonds. The minimum Gasteiger partial charge on any atom is -0.443 e. The van der Waals surface area contributed by atoms with Gasteiger partial charge in [0.1, 0.15) is 11.9 Å². The number of carbonyl (C=O) groups excluding carboxylic acids is 1. The third-order valence-corrected chi connectivity index (χ3v) is 4.97. The van der Waals surface area contributed by atoms with E-state index in [0.717, 1.165) is 16.9 Å². The molecule has 0 spiro atoms. The smallest absolute Gasteiger partial charge is 0.411 e. The lowest BCUT2D eigenvalue weighted by Crippen LogP contribution is -2.22. The number of hydrogen-bond donors (Lipinski definition) is 3. The molecular formula is C23H21N7O3. The van der Waals surface area contributed by atoms with E-state index in [-0.39, 0.29) is 6.10 Å². The maximum Gasteiger partial charge on any atom is 0.411 e. The number of ether oxygens (including phenoxy) is 2. The van der Waals surface area contributed by atoms with Crippen molar-refractivity contribution in [2.45, 2.75) is 12.5 Å². The fourth-order valence-electron chi connectivity index (χ4n) is 3.38. The van der Waals surface area contributed by atoms with Gasteiger partial charge in [-0.3, -0.25) is 10.3 Å². The van der Waals surface area contributed by atoms with Gasteiger partial charge in [0.25, 0.3) is 0 Å². The van der Waals surface area contributed by atoms with Crippen LogP contribution in [0.5, 0.6) is 0 Å². The highest BCUT2D eigenvalue weighted by atomic mass is 16.6. The molecule has 0 saturated carbocycles. The van der Waals surface area contributed by atoms with Crippen molar-refractivity contribution in [3.05, 3.63) is 67.3 Å². The summed E-state index contributed by atoms with van der Waals surface area (Å²) in [6.45, 7) is 1.04. The largest absolute Gasteiger partial charge is 0.443 e. The van der Waals surface area contributed by atoms with E-state index in [1.807, 2.05) is 24.3 Å². The zero-order valence-corrected chi connectivity index (χ0v) is 17.6. The van der Waals surface area contributed by atoms with Gasteiger partial charge in [0.15, 0.2) is 0 Å². The molecule has 1 fully saturated rings. The average Bonchev–Trinajstić information content (AvgIpc) is 3.53. The van der Waals surface area contributed by atoms with Crippen LogP contribution in [0, 0.1) is 0 Å². The number of pyridine rings is 1. The van der Waals surface area contributed by atoms with E-state index < -0.39 is 6.09 Å². The van der Waals surface area contributed by atoms with E-state index in [4.69, 9.17) is 9.47 Å². The number of nitrogens with one attached hydrogen (secondary N) is 3. The Morgan fingerprint density at radius 3 is 2.88 bits per heavy atom. The Morgan fingerprint density at radius 2 is 2.03 bits per heavy atom. The lowest BCUT2D eigenvalue weighted by atomic mass is 10.2. The molecule has 1 aliphatic heterocycles. The van der Waals surface area contributed by atoms with Crippen LogP contribution in [-0.4, -0.2) is 50.3 Å². The molecule has 33 heavy (non-hydrogen) atoms. The SMILES string of the molecule is O=C(Nc1cccc(Nc2nccc(-c3cnc(-c4cccnc4)[nH]3)n2)c1)OC1CCOC1. The topological polar surface area (TPSA) is 127 Å². The molecule has 4 heterocycles. The van der Waals surface area contributed by atoms with E-state index in [1.54, 1.807) is 43.0 Å². The molecule has 3 aromatic heterocycles. The molecule has 0 bridgehead atoms. The first-order chi connectivity index (χ1) is 16.2. The van der Waals surface area contributed by atoms with Gasteiger partial charge in [-0.25, -0.2) is 19.7 Å². The predicted molar refractivity (Wildman–Crippen MR) is 122 cm³/mol. The van der Waals surface area contributed by atoms with Crippen molar-refractivity contribution in [1.82, 2.24) is 24.9 Å². The number of imidazole rings is 1. The number of aromatic nitrogens is 5. The first-order valence-electron chi connectivity index (χ1n) is 10.4. The fraction of sp³-hybridized carbons (Fsp3) is 0.174. The number of hydrogen-bond acceptors (Lipinski definition) is 8. The lowest BCUT2D eigenvalue weighted by molar-refractivity contribution is 0.0932. The van der Waals surface area contributed by atoms with Crippen molar-refractivity contribution in [2.24, 2.45) is 0 Å². The van der Waals surface area contributed by atoms with Crippen LogP contribution in [0.4, 0.5) is 22.1 Å². The van der Waals surface area contributed by atoms with Gasteiger partial charge in [-0.2, -0.15) is 0 Å². The molecule has 1 saturated heterocycles. The van der Waals surface area contributed by atoms with Crippen molar-refractivity contribution in [3.63, 3.8) is 0 Å². The molecule has 1 aromatic carbocycles. The van der Waals surface area contributed by atoms with Gasteiger partial charge in [0, 0.05) is 41.9 Å². The number of rotatable bonds is 6. The Morgan fingerprint density at radius 1 is 1.09 bits per heavy atom. The second kappa shape index (κ2) is 9.45. The van der Waals surface area contributed by atoms with E-state index in [0.29, 0.717) is 42.8 Å². The van der Waals surface area contributed by atoms with E-state index in [2.05, 4.69) is 35.6 Å². The summed E-state index contributed by atoms with van der Waals surface area (Å²) < 4.78 is 10.6. The number of nitrogens with zero attached hydrogens (tertiary/aromatic N) is 4. The Labute approximate surface area is 189 Å². The Bertz CT molecular complexity index is 1240. The minimum absolute atomic E-state index is 0.205. The summed E-state index contributed by atoms with van der Waals surface area (Å²) in [7, 11) is 0. The summed E-state index contributed by atoms with van der Waals surface area (Å²) in [6.07, 6.45) is 6.84. The summed E-state index contributed by atoms with van der Waals surface area (Å²) in [5.41, 5.74) is 3.64. The van der Waals surface area contributed by atoms with Gasteiger partial charge in [-0.1, -0.05) is 6.07 Å². The van der Waals surface area contributed by atoms with Crippen LogP contribution in [0.2, 0.25) is 0 Å². The number of anilines is 3. The maximum atomic E-state index is 12.1. The average molecular weight is 443 g/mol. The molecule has 5 rings (SSSR count). The highest BCUT2D eigenvalue weighted by molar-refractivity contribution is 5.85. The molecule has 10 nitrogen and oxygen atoms in total. The van der Waals surface area contributed by atoms with Gasteiger partial charge >= 0.3 is 6.09 Å². The number of aromatic amines is 1. The van der Waals surface area contributed by atoms with Gasteiger partial charge in [-0.05, 0) is 36.4 Å². The van der Waals surface area contributed by atoms with Gasteiger partial charge in [-0.15, -0.1) is 0 Å². The van der Waals surface area contributed by atoms with Crippen LogP contribution < -0.4 is 10.6 Å². The fourth-order valence-corrected chi connectivity index (χ4v) is 3.38. The summed E-state index contributed by atoms with van der Waals surface area (Å²) in [5, 5.41) is 5.90. The summed E-state index contributed by atoms with van der Waals surface area (Å²) in [4.78, 5) is 32.8. The highest BCUT2D eigenvalue weighted by Gasteiger charge is 2.20. The van der Waals surface area contributed by atoms with Crippen LogP contribution in [-0.2, 0) is 9.47 Å². The quantitative estimate of drug-likeness (QED) is 0.408. The molecule has 1 aliphatic rings.